The van der Waals surface area contributed by atoms with Crippen LogP contribution in [0.15, 0.2) is 78.9 Å². The van der Waals surface area contributed by atoms with Crippen molar-refractivity contribution in [3.8, 4) is 5.75 Å². The molecule has 8 nitrogen and oxygen atoms in total. The Hall–Kier alpha value is -3.92. The minimum Gasteiger partial charge on any atom is -0.497 e. The predicted octanol–water partition coefficient (Wildman–Crippen LogP) is 4.94. The number of nitrogens with zero attached hydrogens (tertiary/aromatic N) is 2. The van der Waals surface area contributed by atoms with Gasteiger partial charge in [0.15, 0.2) is 0 Å². The van der Waals surface area contributed by atoms with Gasteiger partial charge in [0.1, 0.15) is 17.6 Å². The molecule has 0 saturated carbocycles. The van der Waals surface area contributed by atoms with Crippen molar-refractivity contribution in [1.82, 2.24) is 10.2 Å². The number of methoxy groups -OCH3 is 1. The van der Waals surface area contributed by atoms with E-state index >= 15 is 0 Å². The molecule has 0 saturated heterocycles. The minimum atomic E-state index is -3.67. The molecule has 3 aromatic carbocycles. The van der Waals surface area contributed by atoms with Crippen molar-refractivity contribution in [1.29, 1.82) is 0 Å². The van der Waals surface area contributed by atoms with Gasteiger partial charge in [-0.3, -0.25) is 13.9 Å². The molecule has 1 unspecified atom stereocenters. The van der Waals surface area contributed by atoms with Gasteiger partial charge in [-0.05, 0) is 51.0 Å². The van der Waals surface area contributed by atoms with E-state index < -0.39 is 27.4 Å². The molecule has 1 atom stereocenters. The van der Waals surface area contributed by atoms with Crippen LogP contribution >= 0.6 is 0 Å². The van der Waals surface area contributed by atoms with Crippen molar-refractivity contribution in [2.75, 3.05) is 24.2 Å². The van der Waals surface area contributed by atoms with E-state index in [0.29, 0.717) is 11.4 Å². The number of ether oxygens (including phenoxy) is 1. The highest BCUT2D eigenvalue weighted by Crippen LogP contribution is 2.24. The Morgan fingerprint density at radius 1 is 0.976 bits per heavy atom. The van der Waals surface area contributed by atoms with Crippen LogP contribution in [0.2, 0.25) is 0 Å². The Kier molecular flexibility index (Phi) is 11.1. The summed E-state index contributed by atoms with van der Waals surface area (Å²) in [5, 5.41) is 2.98. The number of sulfonamides is 1. The number of nitrogens with one attached hydrogen (secondary N) is 1. The average molecular weight is 598 g/mol. The van der Waals surface area contributed by atoms with Crippen LogP contribution in [0, 0.1) is 5.82 Å². The van der Waals surface area contributed by atoms with Gasteiger partial charge in [0.05, 0.1) is 19.1 Å². The molecule has 0 aliphatic heterocycles. The Balaban J connectivity index is 1.91. The van der Waals surface area contributed by atoms with Gasteiger partial charge in [0, 0.05) is 43.1 Å². The summed E-state index contributed by atoms with van der Waals surface area (Å²) in [6.07, 6.45) is 1.45. The molecule has 3 rings (SSSR count). The molecule has 0 heterocycles. The van der Waals surface area contributed by atoms with E-state index in [0.717, 1.165) is 11.8 Å². The lowest BCUT2D eigenvalue weighted by molar-refractivity contribution is -0.142. The first-order chi connectivity index (χ1) is 19.8. The monoisotopic (exact) mass is 597 g/mol. The number of carbonyl (C=O) groups is 2. The van der Waals surface area contributed by atoms with E-state index in [1.54, 1.807) is 42.5 Å². The normalized spacial score (nSPS) is 12.3. The minimum absolute atomic E-state index is 0.0306. The molecule has 1 N–H and O–H groups in total. The summed E-state index contributed by atoms with van der Waals surface area (Å²) >= 11 is 0. The zero-order valence-electron chi connectivity index (χ0n) is 24.8. The maximum absolute atomic E-state index is 14.8. The standard InChI is InChI=1S/C32H40FN3O5S/c1-32(2,3)34-31(38)29(21-24-13-7-6-8-14-24)35(23-25-15-9-10-18-28(25)33)30(37)19-12-20-36(42(5,39)40)26-16-11-17-27(22-26)41-4/h6-11,13-18,22,29H,12,19-21,23H2,1-5H3,(H,34,38). The molecule has 42 heavy (non-hydrogen) atoms. The maximum Gasteiger partial charge on any atom is 0.243 e. The first-order valence-corrected chi connectivity index (χ1v) is 15.6. The van der Waals surface area contributed by atoms with E-state index in [1.165, 1.54) is 22.4 Å². The lowest BCUT2D eigenvalue weighted by Gasteiger charge is -2.34. The molecule has 0 bridgehead atoms. The number of carbonyl (C=O) groups excluding carboxylic acids is 2. The molecule has 0 radical (unpaired) electrons. The number of rotatable bonds is 13. The summed E-state index contributed by atoms with van der Waals surface area (Å²) in [6, 6.07) is 21.2. The first kappa shape index (κ1) is 32.6. The van der Waals surface area contributed by atoms with Crippen LogP contribution in [0.3, 0.4) is 0 Å². The molecule has 0 spiro atoms. The molecule has 2 amide bonds. The largest absolute Gasteiger partial charge is 0.497 e. The zero-order chi connectivity index (χ0) is 30.9. The van der Waals surface area contributed by atoms with E-state index in [4.69, 9.17) is 4.74 Å². The van der Waals surface area contributed by atoms with Crippen molar-refractivity contribution >= 4 is 27.5 Å². The van der Waals surface area contributed by atoms with Crippen LogP contribution in [0.5, 0.6) is 5.75 Å². The smallest absolute Gasteiger partial charge is 0.243 e. The number of benzene rings is 3. The molecular formula is C32H40FN3O5S. The van der Waals surface area contributed by atoms with E-state index in [-0.39, 0.29) is 49.7 Å². The third-order valence-corrected chi connectivity index (χ3v) is 7.76. The van der Waals surface area contributed by atoms with Gasteiger partial charge in [-0.25, -0.2) is 12.8 Å². The third-order valence-electron chi connectivity index (χ3n) is 6.56. The molecule has 0 aliphatic carbocycles. The van der Waals surface area contributed by atoms with Crippen LogP contribution in [0.4, 0.5) is 10.1 Å². The second kappa shape index (κ2) is 14.3. The van der Waals surface area contributed by atoms with Crippen molar-refractivity contribution in [2.45, 2.75) is 58.2 Å². The summed E-state index contributed by atoms with van der Waals surface area (Å²) in [4.78, 5) is 28.9. The Bertz CT molecular complexity index is 1460. The van der Waals surface area contributed by atoms with Crippen LogP contribution in [0.1, 0.15) is 44.7 Å². The molecule has 10 heteroatoms. The summed E-state index contributed by atoms with van der Waals surface area (Å²) in [5.74, 6) is -0.722. The number of amides is 2. The Labute approximate surface area is 248 Å². The van der Waals surface area contributed by atoms with Crippen molar-refractivity contribution in [3.05, 3.63) is 95.8 Å². The van der Waals surface area contributed by atoms with Gasteiger partial charge in [-0.15, -0.1) is 0 Å². The fourth-order valence-electron chi connectivity index (χ4n) is 4.59. The Morgan fingerprint density at radius 2 is 1.64 bits per heavy atom. The molecule has 0 fully saturated rings. The van der Waals surface area contributed by atoms with E-state index in [1.807, 2.05) is 51.1 Å². The first-order valence-electron chi connectivity index (χ1n) is 13.8. The van der Waals surface area contributed by atoms with E-state index in [2.05, 4.69) is 5.32 Å². The number of halogens is 1. The summed E-state index contributed by atoms with van der Waals surface area (Å²) in [6.45, 7) is 5.47. The quantitative estimate of drug-likeness (QED) is 0.301. The van der Waals surface area contributed by atoms with Gasteiger partial charge in [0.2, 0.25) is 21.8 Å². The highest BCUT2D eigenvalue weighted by atomic mass is 32.2. The Morgan fingerprint density at radius 3 is 2.26 bits per heavy atom. The number of hydrogen-bond donors (Lipinski definition) is 1. The van der Waals surface area contributed by atoms with Crippen LogP contribution in [0.25, 0.3) is 0 Å². The zero-order valence-corrected chi connectivity index (χ0v) is 25.7. The van der Waals surface area contributed by atoms with Crippen molar-refractivity contribution in [3.63, 3.8) is 0 Å². The lowest BCUT2D eigenvalue weighted by atomic mass is 10.00. The van der Waals surface area contributed by atoms with Gasteiger partial charge in [0.25, 0.3) is 0 Å². The van der Waals surface area contributed by atoms with Crippen LogP contribution in [-0.2, 0) is 32.6 Å². The second-order valence-electron chi connectivity index (χ2n) is 11.2. The van der Waals surface area contributed by atoms with Gasteiger partial charge in [-0.2, -0.15) is 0 Å². The van der Waals surface area contributed by atoms with Crippen LogP contribution in [-0.4, -0.2) is 56.6 Å². The summed E-state index contributed by atoms with van der Waals surface area (Å²) in [7, 11) is -2.17. The summed E-state index contributed by atoms with van der Waals surface area (Å²) < 4.78 is 46.5. The molecule has 3 aromatic rings. The van der Waals surface area contributed by atoms with Crippen LogP contribution < -0.4 is 14.4 Å². The number of hydrogen-bond acceptors (Lipinski definition) is 5. The molecular weight excluding hydrogens is 557 g/mol. The lowest BCUT2D eigenvalue weighted by Crippen LogP contribution is -2.54. The molecule has 0 aliphatic rings. The number of anilines is 1. The fraction of sp³-hybridized carbons (Fsp3) is 0.375. The highest BCUT2D eigenvalue weighted by Gasteiger charge is 2.32. The van der Waals surface area contributed by atoms with Gasteiger partial charge < -0.3 is 15.0 Å². The predicted molar refractivity (Wildman–Crippen MR) is 163 cm³/mol. The molecule has 226 valence electrons. The fourth-order valence-corrected chi connectivity index (χ4v) is 5.54. The second-order valence-corrected chi connectivity index (χ2v) is 13.1. The maximum atomic E-state index is 14.8. The molecule has 0 aromatic heterocycles. The SMILES string of the molecule is COc1cccc(N(CCCC(=O)N(Cc2ccccc2F)C(Cc2ccccc2)C(=O)NC(C)(C)C)S(C)(=O)=O)c1. The summed E-state index contributed by atoms with van der Waals surface area (Å²) in [5.41, 5.74) is 0.977. The van der Waals surface area contributed by atoms with Crippen molar-refractivity contribution < 1.29 is 27.1 Å². The van der Waals surface area contributed by atoms with Gasteiger partial charge in [-0.1, -0.05) is 54.6 Å². The highest BCUT2D eigenvalue weighted by molar-refractivity contribution is 7.92. The topological polar surface area (TPSA) is 96.0 Å². The average Bonchev–Trinajstić information content (AvgIpc) is 2.92. The van der Waals surface area contributed by atoms with Crippen molar-refractivity contribution in [2.24, 2.45) is 0 Å². The third kappa shape index (κ3) is 9.58. The van der Waals surface area contributed by atoms with Gasteiger partial charge >= 0.3 is 0 Å². The van der Waals surface area contributed by atoms with E-state index in [9.17, 15) is 22.4 Å².